The van der Waals surface area contributed by atoms with E-state index < -0.39 is 0 Å². The smallest absolute Gasteiger partial charge is 0.191 e. The minimum atomic E-state index is 0. The molecule has 152 valence electrons. The van der Waals surface area contributed by atoms with Crippen molar-refractivity contribution in [2.24, 2.45) is 4.99 Å². The van der Waals surface area contributed by atoms with Gasteiger partial charge in [0.15, 0.2) is 5.96 Å². The minimum absolute atomic E-state index is 0. The zero-order chi connectivity index (χ0) is 19.2. The molecule has 1 fully saturated rings. The highest BCUT2D eigenvalue weighted by molar-refractivity contribution is 14.0. The predicted molar refractivity (Wildman–Crippen MR) is 127 cm³/mol. The average molecular weight is 503 g/mol. The first-order chi connectivity index (χ1) is 13.8. The van der Waals surface area contributed by atoms with Crippen LogP contribution in [0.5, 0.6) is 0 Å². The number of anilines is 1. The molecule has 1 aliphatic rings. The van der Waals surface area contributed by atoms with Crippen LogP contribution in [0.15, 0.2) is 72.2 Å². The molecule has 1 unspecified atom stereocenters. The predicted octanol–water partition coefficient (Wildman–Crippen LogP) is 2.83. The fourth-order valence-electron chi connectivity index (χ4n) is 3.43. The van der Waals surface area contributed by atoms with Crippen molar-refractivity contribution in [2.45, 2.75) is 19.0 Å². The molecule has 4 rings (SSSR count). The molecule has 0 amide bonds. The highest BCUT2D eigenvalue weighted by Crippen LogP contribution is 2.19. The van der Waals surface area contributed by atoms with E-state index in [0.717, 1.165) is 31.2 Å². The maximum Gasteiger partial charge on any atom is 0.191 e. The first-order valence-corrected chi connectivity index (χ1v) is 9.53. The van der Waals surface area contributed by atoms with E-state index in [9.17, 15) is 0 Å². The molecule has 3 aromatic rings. The molecule has 7 nitrogen and oxygen atoms in total. The molecular formula is C21H26IN7. The largest absolute Gasteiger partial charge is 0.369 e. The van der Waals surface area contributed by atoms with E-state index in [2.05, 4.69) is 73.1 Å². The maximum absolute atomic E-state index is 4.38. The lowest BCUT2D eigenvalue weighted by Crippen LogP contribution is -2.44. The fraction of sp³-hybridized carbons (Fsp3) is 0.286. The molecule has 2 N–H and O–H groups in total. The Morgan fingerprint density at radius 2 is 1.90 bits per heavy atom. The molecule has 29 heavy (non-hydrogen) atoms. The van der Waals surface area contributed by atoms with Gasteiger partial charge in [0, 0.05) is 38.4 Å². The van der Waals surface area contributed by atoms with Gasteiger partial charge < -0.3 is 15.5 Å². The number of halogens is 1. The second-order valence-electron chi connectivity index (χ2n) is 6.84. The van der Waals surface area contributed by atoms with Crippen molar-refractivity contribution in [3.05, 3.63) is 72.8 Å². The van der Waals surface area contributed by atoms with Crippen molar-refractivity contribution in [3.8, 4) is 5.69 Å². The normalized spacial score (nSPS) is 16.4. The van der Waals surface area contributed by atoms with Gasteiger partial charge in [0.05, 0.1) is 5.69 Å². The lowest BCUT2D eigenvalue weighted by atomic mass is 10.2. The Hall–Kier alpha value is -2.62. The Bertz CT molecular complexity index is 895. The van der Waals surface area contributed by atoms with Gasteiger partial charge in [0.1, 0.15) is 12.7 Å². The molecular weight excluding hydrogens is 477 g/mol. The van der Waals surface area contributed by atoms with Gasteiger partial charge in [0.2, 0.25) is 0 Å². The molecule has 0 spiro atoms. The zero-order valence-corrected chi connectivity index (χ0v) is 18.7. The molecule has 8 heteroatoms. The first-order valence-electron chi connectivity index (χ1n) is 9.53. The van der Waals surface area contributed by atoms with E-state index in [1.165, 1.54) is 17.6 Å². The summed E-state index contributed by atoms with van der Waals surface area (Å²) < 4.78 is 1.75. The summed E-state index contributed by atoms with van der Waals surface area (Å²) in [6.07, 6.45) is 4.33. The van der Waals surface area contributed by atoms with Gasteiger partial charge >= 0.3 is 0 Å². The molecule has 0 bridgehead atoms. The van der Waals surface area contributed by atoms with Crippen molar-refractivity contribution in [3.63, 3.8) is 0 Å². The van der Waals surface area contributed by atoms with Crippen molar-refractivity contribution in [1.82, 2.24) is 25.4 Å². The molecule has 2 heterocycles. The Balaban J connectivity index is 0.00000240. The number of aromatic nitrogens is 3. The Kier molecular flexibility index (Phi) is 7.45. The van der Waals surface area contributed by atoms with Crippen LogP contribution >= 0.6 is 24.0 Å². The van der Waals surface area contributed by atoms with Gasteiger partial charge in [0.25, 0.3) is 0 Å². The van der Waals surface area contributed by atoms with E-state index in [1.54, 1.807) is 11.0 Å². The van der Waals surface area contributed by atoms with Crippen LogP contribution in [0.1, 0.15) is 12.0 Å². The number of hydrogen-bond donors (Lipinski definition) is 2. The molecule has 1 aliphatic heterocycles. The van der Waals surface area contributed by atoms with E-state index in [1.807, 2.05) is 19.2 Å². The Labute approximate surface area is 188 Å². The molecule has 1 saturated heterocycles. The third kappa shape index (κ3) is 5.47. The number of guanidine groups is 1. The lowest BCUT2D eigenvalue weighted by Gasteiger charge is -2.20. The number of para-hydroxylation sites is 1. The molecule has 0 radical (unpaired) electrons. The summed E-state index contributed by atoms with van der Waals surface area (Å²) in [5, 5.41) is 11.1. The van der Waals surface area contributed by atoms with E-state index in [4.69, 9.17) is 0 Å². The maximum atomic E-state index is 4.38. The van der Waals surface area contributed by atoms with Gasteiger partial charge in [-0.05, 0) is 36.2 Å². The third-order valence-electron chi connectivity index (χ3n) is 4.95. The van der Waals surface area contributed by atoms with Crippen LogP contribution in [-0.4, -0.2) is 46.9 Å². The van der Waals surface area contributed by atoms with Crippen molar-refractivity contribution >= 4 is 35.6 Å². The minimum Gasteiger partial charge on any atom is -0.369 e. The summed E-state index contributed by atoms with van der Waals surface area (Å²) in [5.74, 6) is 0.834. The number of aliphatic imine (C=N–C) groups is 1. The molecule has 1 aromatic heterocycles. The highest BCUT2D eigenvalue weighted by Gasteiger charge is 2.23. The quantitative estimate of drug-likeness (QED) is 0.319. The zero-order valence-electron chi connectivity index (χ0n) is 16.4. The summed E-state index contributed by atoms with van der Waals surface area (Å²) in [5.41, 5.74) is 3.46. The Morgan fingerprint density at radius 3 is 2.59 bits per heavy atom. The fourth-order valence-corrected chi connectivity index (χ4v) is 3.43. The van der Waals surface area contributed by atoms with Gasteiger partial charge in [-0.1, -0.05) is 30.3 Å². The molecule has 1 atom stereocenters. The van der Waals surface area contributed by atoms with Gasteiger partial charge in [-0.15, -0.1) is 24.0 Å². The van der Waals surface area contributed by atoms with Crippen LogP contribution in [-0.2, 0) is 6.54 Å². The number of benzene rings is 2. The number of nitrogens with zero attached hydrogens (tertiary/aromatic N) is 5. The van der Waals surface area contributed by atoms with Crippen LogP contribution in [0.25, 0.3) is 5.69 Å². The van der Waals surface area contributed by atoms with Crippen LogP contribution < -0.4 is 15.5 Å². The molecule has 0 aliphatic carbocycles. The lowest BCUT2D eigenvalue weighted by molar-refractivity contribution is 0.648. The van der Waals surface area contributed by atoms with E-state index >= 15 is 0 Å². The SMILES string of the molecule is CN=C(NCc1ccc(-n2cncn2)cc1)NC1CCN(c2ccccc2)C1.I. The van der Waals surface area contributed by atoms with Gasteiger partial charge in [-0.2, -0.15) is 5.10 Å². The van der Waals surface area contributed by atoms with Crippen LogP contribution in [0.4, 0.5) is 5.69 Å². The summed E-state index contributed by atoms with van der Waals surface area (Å²) in [7, 11) is 1.81. The molecule has 0 saturated carbocycles. The van der Waals surface area contributed by atoms with Crippen molar-refractivity contribution in [2.75, 3.05) is 25.0 Å². The third-order valence-corrected chi connectivity index (χ3v) is 4.95. The summed E-state index contributed by atoms with van der Waals surface area (Å²) in [4.78, 5) is 10.8. The standard InChI is InChI=1S/C21H25N7.HI/c1-22-21(26-18-11-12-27(14-18)19-5-3-2-4-6-19)24-13-17-7-9-20(10-8-17)28-16-23-15-25-28;/h2-10,15-16,18H,11-14H2,1H3,(H2,22,24,26);1H. The van der Waals surface area contributed by atoms with Gasteiger partial charge in [-0.3, -0.25) is 4.99 Å². The second kappa shape index (κ2) is 10.2. The summed E-state index contributed by atoms with van der Waals surface area (Å²) >= 11 is 0. The van der Waals surface area contributed by atoms with E-state index in [-0.39, 0.29) is 24.0 Å². The van der Waals surface area contributed by atoms with Crippen LogP contribution in [0.2, 0.25) is 0 Å². The van der Waals surface area contributed by atoms with Crippen molar-refractivity contribution in [1.29, 1.82) is 0 Å². The van der Waals surface area contributed by atoms with Crippen molar-refractivity contribution < 1.29 is 0 Å². The van der Waals surface area contributed by atoms with Gasteiger partial charge in [-0.25, -0.2) is 9.67 Å². The summed E-state index contributed by atoms with van der Waals surface area (Å²) in [6.45, 7) is 2.76. The number of hydrogen-bond acceptors (Lipinski definition) is 4. The topological polar surface area (TPSA) is 70.4 Å². The highest BCUT2D eigenvalue weighted by atomic mass is 127. The first kappa shape index (κ1) is 21.1. The number of rotatable bonds is 5. The van der Waals surface area contributed by atoms with E-state index in [0.29, 0.717) is 12.6 Å². The summed E-state index contributed by atoms with van der Waals surface area (Å²) in [6, 6.07) is 19.2. The van der Waals surface area contributed by atoms with Crippen LogP contribution in [0, 0.1) is 0 Å². The average Bonchev–Trinajstić information content (AvgIpc) is 3.44. The number of nitrogens with one attached hydrogen (secondary N) is 2. The molecule has 2 aromatic carbocycles. The van der Waals surface area contributed by atoms with Crippen LogP contribution in [0.3, 0.4) is 0 Å². The Morgan fingerprint density at radius 1 is 1.10 bits per heavy atom. The second-order valence-corrected chi connectivity index (χ2v) is 6.84. The monoisotopic (exact) mass is 503 g/mol.